The topological polar surface area (TPSA) is 15.3 Å². The van der Waals surface area contributed by atoms with Crippen molar-refractivity contribution in [3.8, 4) is 0 Å². The van der Waals surface area contributed by atoms with Gasteiger partial charge in [0.05, 0.1) is 0 Å². The smallest absolute Gasteiger partial charge is 0.0331 e. The normalized spacial score (nSPS) is 27.1. The third-order valence-electron chi connectivity index (χ3n) is 4.88. The number of piperidine rings is 1. The van der Waals surface area contributed by atoms with E-state index in [1.165, 1.54) is 69.6 Å². The van der Waals surface area contributed by atoms with Crippen LogP contribution in [0, 0.1) is 5.41 Å². The van der Waals surface area contributed by atoms with E-state index in [2.05, 4.69) is 34.7 Å². The lowest BCUT2D eigenvalue weighted by molar-refractivity contribution is 0.0967. The molecule has 0 aromatic carbocycles. The lowest BCUT2D eigenvalue weighted by Crippen LogP contribution is -2.48. The Hall–Kier alpha value is -0.380. The van der Waals surface area contributed by atoms with Crippen LogP contribution >= 0.6 is 11.3 Å². The molecule has 1 saturated carbocycles. The Morgan fingerprint density at radius 2 is 2.35 bits per heavy atom. The number of nitrogens with one attached hydrogen (secondary N) is 1. The Bertz CT molecular complexity index is 386. The maximum atomic E-state index is 3.66. The van der Waals surface area contributed by atoms with Crippen LogP contribution in [0.5, 0.6) is 0 Å². The molecule has 0 bridgehead atoms. The first-order chi connectivity index (χ1) is 9.81. The van der Waals surface area contributed by atoms with Crippen LogP contribution in [-0.2, 0) is 6.54 Å². The van der Waals surface area contributed by atoms with E-state index < -0.39 is 0 Å². The summed E-state index contributed by atoms with van der Waals surface area (Å²) in [5.74, 6) is 0. The quantitative estimate of drug-likeness (QED) is 0.820. The van der Waals surface area contributed by atoms with Gasteiger partial charge in [0.1, 0.15) is 0 Å². The molecule has 2 aliphatic rings. The molecule has 0 spiro atoms. The monoisotopic (exact) mass is 292 g/mol. The number of thiophene rings is 1. The molecular formula is C17H28N2S. The van der Waals surface area contributed by atoms with Crippen molar-refractivity contribution in [3.05, 3.63) is 22.4 Å². The molecule has 1 aromatic rings. The van der Waals surface area contributed by atoms with Gasteiger partial charge in [0, 0.05) is 30.6 Å². The summed E-state index contributed by atoms with van der Waals surface area (Å²) in [6.07, 6.45) is 8.31. The van der Waals surface area contributed by atoms with Crippen molar-refractivity contribution < 1.29 is 0 Å². The zero-order valence-electron chi connectivity index (χ0n) is 12.7. The molecule has 112 valence electrons. The Labute approximate surface area is 127 Å². The molecule has 1 N–H and O–H groups in total. The molecule has 2 heterocycles. The van der Waals surface area contributed by atoms with Gasteiger partial charge in [-0.2, -0.15) is 0 Å². The molecule has 3 rings (SSSR count). The van der Waals surface area contributed by atoms with Crippen molar-refractivity contribution in [2.45, 2.75) is 58.0 Å². The Kier molecular flexibility index (Phi) is 4.79. The van der Waals surface area contributed by atoms with E-state index in [9.17, 15) is 0 Å². The van der Waals surface area contributed by atoms with Gasteiger partial charge in [-0.05, 0) is 55.5 Å². The van der Waals surface area contributed by atoms with E-state index in [-0.39, 0.29) is 0 Å². The van der Waals surface area contributed by atoms with Crippen molar-refractivity contribution >= 4 is 11.3 Å². The van der Waals surface area contributed by atoms with Gasteiger partial charge < -0.3 is 5.32 Å². The van der Waals surface area contributed by atoms with Crippen molar-refractivity contribution in [2.75, 3.05) is 19.6 Å². The van der Waals surface area contributed by atoms with E-state index in [1.54, 1.807) is 0 Å². The van der Waals surface area contributed by atoms with Gasteiger partial charge in [-0.1, -0.05) is 19.4 Å². The predicted octanol–water partition coefficient (Wildman–Crippen LogP) is 3.88. The van der Waals surface area contributed by atoms with Crippen molar-refractivity contribution in [1.82, 2.24) is 10.2 Å². The summed E-state index contributed by atoms with van der Waals surface area (Å²) >= 11 is 1.91. The van der Waals surface area contributed by atoms with Gasteiger partial charge >= 0.3 is 0 Å². The summed E-state index contributed by atoms with van der Waals surface area (Å²) in [5, 5.41) is 5.87. The highest BCUT2D eigenvalue weighted by atomic mass is 32.1. The molecule has 3 heteroatoms. The fourth-order valence-corrected chi connectivity index (χ4v) is 4.50. The summed E-state index contributed by atoms with van der Waals surface area (Å²) in [7, 11) is 0. The van der Waals surface area contributed by atoms with E-state index in [0.29, 0.717) is 5.41 Å². The zero-order chi connectivity index (χ0) is 13.8. The van der Waals surface area contributed by atoms with Gasteiger partial charge in [0.15, 0.2) is 0 Å². The van der Waals surface area contributed by atoms with Crippen LogP contribution in [0.3, 0.4) is 0 Å². The van der Waals surface area contributed by atoms with E-state index in [1.807, 2.05) is 11.3 Å². The predicted molar refractivity (Wildman–Crippen MR) is 87.2 cm³/mol. The van der Waals surface area contributed by atoms with Crippen LogP contribution in [0.15, 0.2) is 17.5 Å². The molecule has 2 fully saturated rings. The molecular weight excluding hydrogens is 264 g/mol. The molecule has 0 radical (unpaired) electrons. The number of hydrogen-bond acceptors (Lipinski definition) is 3. The summed E-state index contributed by atoms with van der Waals surface area (Å²) in [6, 6.07) is 5.36. The average Bonchev–Trinajstić information content (AvgIpc) is 3.18. The van der Waals surface area contributed by atoms with E-state index in [0.717, 1.165) is 6.04 Å². The third kappa shape index (κ3) is 3.63. The Morgan fingerprint density at radius 3 is 2.95 bits per heavy atom. The fraction of sp³-hybridized carbons (Fsp3) is 0.765. The van der Waals surface area contributed by atoms with E-state index >= 15 is 0 Å². The highest BCUT2D eigenvalue weighted by Gasteiger charge is 2.38. The largest absolute Gasteiger partial charge is 0.316 e. The third-order valence-corrected chi connectivity index (χ3v) is 5.74. The molecule has 1 aromatic heterocycles. The molecule has 1 aliphatic carbocycles. The molecule has 1 aliphatic heterocycles. The summed E-state index contributed by atoms with van der Waals surface area (Å²) in [5.41, 5.74) is 0.535. The Morgan fingerprint density at radius 1 is 1.45 bits per heavy atom. The average molecular weight is 292 g/mol. The van der Waals surface area contributed by atoms with Crippen LogP contribution < -0.4 is 5.32 Å². The highest BCUT2D eigenvalue weighted by molar-refractivity contribution is 7.09. The standard InChI is InChI=1S/C17H28N2S/c1-2-8-17(9-4-10-18-13-17)14-19(15-6-7-15)12-16-5-3-11-20-16/h3,5,11,15,18H,2,4,6-10,12-14H2,1H3. The van der Waals surface area contributed by atoms with Gasteiger partial charge in [0.2, 0.25) is 0 Å². The summed E-state index contributed by atoms with van der Waals surface area (Å²) in [4.78, 5) is 4.32. The minimum absolute atomic E-state index is 0.535. The lowest BCUT2D eigenvalue weighted by atomic mass is 9.76. The number of hydrogen-bond donors (Lipinski definition) is 1. The number of nitrogens with zero attached hydrogens (tertiary/aromatic N) is 1. The van der Waals surface area contributed by atoms with Gasteiger partial charge in [-0.15, -0.1) is 11.3 Å². The molecule has 2 nitrogen and oxygen atoms in total. The van der Waals surface area contributed by atoms with Crippen molar-refractivity contribution in [1.29, 1.82) is 0 Å². The first-order valence-corrected chi connectivity index (χ1v) is 9.16. The second-order valence-corrected chi connectivity index (χ2v) is 7.78. The first kappa shape index (κ1) is 14.6. The molecule has 1 unspecified atom stereocenters. The second-order valence-electron chi connectivity index (χ2n) is 6.75. The molecule has 1 atom stereocenters. The Balaban J connectivity index is 1.67. The maximum absolute atomic E-state index is 3.66. The number of rotatable bonds is 7. The zero-order valence-corrected chi connectivity index (χ0v) is 13.6. The molecule has 20 heavy (non-hydrogen) atoms. The molecule has 1 saturated heterocycles. The van der Waals surface area contributed by atoms with Gasteiger partial charge in [-0.25, -0.2) is 0 Å². The highest BCUT2D eigenvalue weighted by Crippen LogP contribution is 2.37. The van der Waals surface area contributed by atoms with E-state index in [4.69, 9.17) is 0 Å². The van der Waals surface area contributed by atoms with Crippen LogP contribution in [0.1, 0.15) is 50.3 Å². The lowest BCUT2D eigenvalue weighted by Gasteiger charge is -2.41. The van der Waals surface area contributed by atoms with Crippen LogP contribution in [0.2, 0.25) is 0 Å². The molecule has 0 amide bonds. The minimum Gasteiger partial charge on any atom is -0.316 e. The summed E-state index contributed by atoms with van der Waals surface area (Å²) < 4.78 is 0. The fourth-order valence-electron chi connectivity index (χ4n) is 3.78. The second kappa shape index (κ2) is 6.59. The van der Waals surface area contributed by atoms with Crippen LogP contribution in [0.4, 0.5) is 0 Å². The minimum atomic E-state index is 0.535. The van der Waals surface area contributed by atoms with Gasteiger partial charge in [-0.3, -0.25) is 4.90 Å². The van der Waals surface area contributed by atoms with Crippen molar-refractivity contribution in [2.24, 2.45) is 5.41 Å². The van der Waals surface area contributed by atoms with Crippen LogP contribution in [-0.4, -0.2) is 30.6 Å². The van der Waals surface area contributed by atoms with Crippen LogP contribution in [0.25, 0.3) is 0 Å². The maximum Gasteiger partial charge on any atom is 0.0331 e. The van der Waals surface area contributed by atoms with Crippen molar-refractivity contribution in [3.63, 3.8) is 0 Å². The SMILES string of the molecule is CCCC1(CN(Cc2cccs2)C2CC2)CCCNC1. The summed E-state index contributed by atoms with van der Waals surface area (Å²) in [6.45, 7) is 7.27. The van der Waals surface area contributed by atoms with Gasteiger partial charge in [0.25, 0.3) is 0 Å². The first-order valence-electron chi connectivity index (χ1n) is 8.28.